The van der Waals surface area contributed by atoms with Gasteiger partial charge in [-0.1, -0.05) is 49.0 Å². The highest BCUT2D eigenvalue weighted by atomic mass is 32.2. The molecule has 1 fully saturated rings. The second-order valence-corrected chi connectivity index (χ2v) is 8.89. The van der Waals surface area contributed by atoms with E-state index in [1.807, 2.05) is 47.4 Å². The van der Waals surface area contributed by atoms with Crippen LogP contribution in [0.5, 0.6) is 5.75 Å². The average molecular weight is 467 g/mol. The van der Waals surface area contributed by atoms with Gasteiger partial charge in [-0.3, -0.25) is 4.79 Å². The van der Waals surface area contributed by atoms with Crippen LogP contribution in [-0.2, 0) is 22.5 Å². The minimum Gasteiger partial charge on any atom is -0.497 e. The fraction of sp³-hybridized carbons (Fsp3) is 0.400. The van der Waals surface area contributed by atoms with E-state index >= 15 is 0 Å². The molecule has 174 valence electrons. The Morgan fingerprint density at radius 3 is 2.67 bits per heavy atom. The Kier molecular flexibility index (Phi) is 8.01. The van der Waals surface area contributed by atoms with Gasteiger partial charge < -0.3 is 18.9 Å². The summed E-state index contributed by atoms with van der Waals surface area (Å²) in [5, 5.41) is 9.68. The first-order valence-corrected chi connectivity index (χ1v) is 12.3. The van der Waals surface area contributed by atoms with Crippen molar-refractivity contribution < 1.29 is 14.3 Å². The van der Waals surface area contributed by atoms with Crippen LogP contribution >= 0.6 is 11.8 Å². The molecule has 0 radical (unpaired) electrons. The number of hydrogen-bond acceptors (Lipinski definition) is 6. The number of thioether (sulfide) groups is 1. The van der Waals surface area contributed by atoms with Gasteiger partial charge in [0.15, 0.2) is 11.0 Å². The van der Waals surface area contributed by atoms with Gasteiger partial charge in [0.05, 0.1) is 25.6 Å². The first-order valence-electron chi connectivity index (χ1n) is 11.3. The number of methoxy groups -OCH3 is 1. The molecule has 33 heavy (non-hydrogen) atoms. The second kappa shape index (κ2) is 11.3. The highest BCUT2D eigenvalue weighted by Gasteiger charge is 2.24. The van der Waals surface area contributed by atoms with Crippen molar-refractivity contribution in [1.29, 1.82) is 0 Å². The van der Waals surface area contributed by atoms with E-state index in [1.165, 1.54) is 17.3 Å². The molecule has 8 heteroatoms. The van der Waals surface area contributed by atoms with E-state index in [0.29, 0.717) is 25.4 Å². The molecule has 0 spiro atoms. The molecule has 1 aliphatic heterocycles. The quantitative estimate of drug-likeness (QED) is 0.445. The van der Waals surface area contributed by atoms with Gasteiger partial charge in [0.25, 0.3) is 0 Å². The summed E-state index contributed by atoms with van der Waals surface area (Å²) in [7, 11) is 1.65. The maximum absolute atomic E-state index is 12.8. The van der Waals surface area contributed by atoms with Gasteiger partial charge in [0.2, 0.25) is 5.91 Å². The van der Waals surface area contributed by atoms with Crippen LogP contribution in [-0.4, -0.2) is 64.2 Å². The number of nitrogens with zero attached hydrogens (tertiary/aromatic N) is 4. The van der Waals surface area contributed by atoms with Crippen LogP contribution < -0.4 is 4.74 Å². The molecule has 0 saturated carbocycles. The number of rotatable bonds is 9. The van der Waals surface area contributed by atoms with Crippen molar-refractivity contribution in [2.24, 2.45) is 0 Å². The summed E-state index contributed by atoms with van der Waals surface area (Å²) < 4.78 is 13.1. The lowest BCUT2D eigenvalue weighted by molar-refractivity contribution is -0.135. The van der Waals surface area contributed by atoms with Crippen LogP contribution in [0.2, 0.25) is 0 Å². The molecule has 2 heterocycles. The predicted octanol–water partition coefficient (Wildman–Crippen LogP) is 3.93. The Labute approximate surface area is 199 Å². The fourth-order valence-electron chi connectivity index (χ4n) is 3.85. The third-order valence-corrected chi connectivity index (χ3v) is 6.76. The number of aryl methyl sites for hydroxylation is 1. The average Bonchev–Trinajstić information content (AvgIpc) is 3.29. The largest absolute Gasteiger partial charge is 0.497 e. The summed E-state index contributed by atoms with van der Waals surface area (Å²) >= 11 is 1.45. The minimum atomic E-state index is 0.116. The lowest BCUT2D eigenvalue weighted by atomic mass is 10.1. The third-order valence-electron chi connectivity index (χ3n) is 5.80. The molecule has 7 nitrogen and oxygen atoms in total. The van der Waals surface area contributed by atoms with E-state index in [2.05, 4.69) is 33.8 Å². The van der Waals surface area contributed by atoms with Crippen molar-refractivity contribution in [2.75, 3.05) is 32.6 Å². The molecule has 0 bridgehead atoms. The molecular formula is C25H30N4O3S. The van der Waals surface area contributed by atoms with Gasteiger partial charge in [-0.15, -0.1) is 10.2 Å². The maximum Gasteiger partial charge on any atom is 0.233 e. The molecular weight excluding hydrogens is 436 g/mol. The van der Waals surface area contributed by atoms with Crippen molar-refractivity contribution in [3.63, 3.8) is 0 Å². The summed E-state index contributed by atoms with van der Waals surface area (Å²) in [5.41, 5.74) is 2.21. The third kappa shape index (κ3) is 5.94. The highest BCUT2D eigenvalue weighted by Crippen LogP contribution is 2.26. The molecule has 0 aliphatic carbocycles. The summed E-state index contributed by atoms with van der Waals surface area (Å²) in [6.45, 7) is 4.72. The van der Waals surface area contributed by atoms with Crippen LogP contribution in [0.3, 0.4) is 0 Å². The molecule has 0 N–H and O–H groups in total. The van der Waals surface area contributed by atoms with Gasteiger partial charge >= 0.3 is 0 Å². The van der Waals surface area contributed by atoms with Crippen molar-refractivity contribution in [1.82, 2.24) is 19.7 Å². The standard InChI is InChI=1S/C25H30N4O3S/c1-3-21-17-28(15-16-32-21)23(30)18-33-25-27-26-24(20-9-11-22(31-2)12-10-20)29(25)14-13-19-7-5-4-6-8-19/h4-12,21H,3,13-18H2,1-2H3. The number of carbonyl (C=O) groups excluding carboxylic acids is 1. The number of carbonyl (C=O) groups is 1. The summed E-state index contributed by atoms with van der Waals surface area (Å²) in [4.78, 5) is 14.8. The lowest BCUT2D eigenvalue weighted by Gasteiger charge is -2.32. The van der Waals surface area contributed by atoms with E-state index < -0.39 is 0 Å². The zero-order chi connectivity index (χ0) is 23.0. The number of benzene rings is 2. The molecule has 1 aliphatic rings. The van der Waals surface area contributed by atoms with E-state index in [-0.39, 0.29) is 12.0 Å². The molecule has 1 saturated heterocycles. The smallest absolute Gasteiger partial charge is 0.233 e. The Balaban J connectivity index is 1.51. The molecule has 2 aromatic carbocycles. The first kappa shape index (κ1) is 23.3. The Hall–Kier alpha value is -2.84. The van der Waals surface area contributed by atoms with Crippen LogP contribution in [0.4, 0.5) is 0 Å². The minimum absolute atomic E-state index is 0.116. The number of ether oxygens (including phenoxy) is 2. The Bertz CT molecular complexity index is 1040. The normalized spacial score (nSPS) is 16.1. The second-order valence-electron chi connectivity index (χ2n) is 7.95. The summed E-state index contributed by atoms with van der Waals surface area (Å²) in [6.07, 6.45) is 1.89. The monoisotopic (exact) mass is 466 g/mol. The van der Waals surface area contributed by atoms with Crippen molar-refractivity contribution in [3.8, 4) is 17.1 Å². The number of amides is 1. The van der Waals surface area contributed by atoms with Crippen molar-refractivity contribution in [2.45, 2.75) is 37.6 Å². The van der Waals surface area contributed by atoms with Gasteiger partial charge in [-0.2, -0.15) is 0 Å². The molecule has 1 unspecified atom stereocenters. The zero-order valence-corrected chi connectivity index (χ0v) is 20.0. The van der Waals surface area contributed by atoms with Crippen LogP contribution in [0, 0.1) is 0 Å². The molecule has 1 aromatic heterocycles. The topological polar surface area (TPSA) is 69.5 Å². The molecule has 4 rings (SSSR count). The SMILES string of the molecule is CCC1CN(C(=O)CSc2nnc(-c3ccc(OC)cc3)n2CCc2ccccc2)CCO1. The zero-order valence-electron chi connectivity index (χ0n) is 19.1. The Morgan fingerprint density at radius 2 is 1.94 bits per heavy atom. The fourth-order valence-corrected chi connectivity index (χ4v) is 4.71. The maximum atomic E-state index is 12.8. The lowest BCUT2D eigenvalue weighted by Crippen LogP contribution is -2.46. The van der Waals surface area contributed by atoms with Crippen molar-refractivity contribution >= 4 is 17.7 Å². The van der Waals surface area contributed by atoms with Crippen LogP contribution in [0.15, 0.2) is 59.8 Å². The first-order chi connectivity index (χ1) is 16.2. The van der Waals surface area contributed by atoms with E-state index in [0.717, 1.165) is 41.7 Å². The van der Waals surface area contributed by atoms with E-state index in [1.54, 1.807) is 7.11 Å². The predicted molar refractivity (Wildman–Crippen MR) is 129 cm³/mol. The van der Waals surface area contributed by atoms with E-state index in [9.17, 15) is 4.79 Å². The molecule has 1 atom stereocenters. The van der Waals surface area contributed by atoms with Gasteiger partial charge in [-0.25, -0.2) is 0 Å². The molecule has 3 aromatic rings. The number of aromatic nitrogens is 3. The van der Waals surface area contributed by atoms with Gasteiger partial charge in [0, 0.05) is 25.2 Å². The van der Waals surface area contributed by atoms with E-state index in [4.69, 9.17) is 9.47 Å². The summed E-state index contributed by atoms with van der Waals surface area (Å²) in [6, 6.07) is 18.2. The highest BCUT2D eigenvalue weighted by molar-refractivity contribution is 7.99. The van der Waals surface area contributed by atoms with Gasteiger partial charge in [0.1, 0.15) is 5.75 Å². The van der Waals surface area contributed by atoms with Gasteiger partial charge in [-0.05, 0) is 42.7 Å². The number of morpholine rings is 1. The number of hydrogen-bond donors (Lipinski definition) is 0. The van der Waals surface area contributed by atoms with Crippen molar-refractivity contribution in [3.05, 3.63) is 60.2 Å². The van der Waals surface area contributed by atoms with Crippen LogP contribution in [0.25, 0.3) is 11.4 Å². The van der Waals surface area contributed by atoms with Crippen LogP contribution in [0.1, 0.15) is 18.9 Å². The summed E-state index contributed by atoms with van der Waals surface area (Å²) in [5.74, 6) is 2.04. The molecule has 1 amide bonds. The Morgan fingerprint density at radius 1 is 1.15 bits per heavy atom.